The van der Waals surface area contributed by atoms with Crippen molar-refractivity contribution >= 4 is 5.78 Å². The lowest BCUT2D eigenvalue weighted by Crippen LogP contribution is -2.45. The van der Waals surface area contributed by atoms with E-state index in [1.807, 2.05) is 0 Å². The molecule has 78 valence electrons. The van der Waals surface area contributed by atoms with Gasteiger partial charge in [0.25, 0.3) is 0 Å². The fraction of sp³-hybridized carbons (Fsp3) is 0.750. The van der Waals surface area contributed by atoms with E-state index in [2.05, 4.69) is 18.3 Å². The van der Waals surface area contributed by atoms with Crippen molar-refractivity contribution in [3.05, 3.63) is 11.6 Å². The van der Waals surface area contributed by atoms with Crippen LogP contribution in [-0.2, 0) is 4.79 Å². The standard InChI is InChI=1S/C12H19NO/c1-12(8-5-9-13-12)11(14)10-6-3-2-4-7-10/h6,13H,2-5,7-9H2,1H3. The number of Topliss-reactive ketones (excluding diaryl/α,β-unsaturated/α-hetero) is 1. The minimum absolute atomic E-state index is 0.247. The highest BCUT2D eigenvalue weighted by Gasteiger charge is 2.37. The molecule has 2 aliphatic rings. The van der Waals surface area contributed by atoms with Crippen molar-refractivity contribution in [1.29, 1.82) is 0 Å². The lowest BCUT2D eigenvalue weighted by Gasteiger charge is -2.25. The number of ketones is 1. The van der Waals surface area contributed by atoms with Gasteiger partial charge in [-0.05, 0) is 57.6 Å². The molecule has 0 radical (unpaired) electrons. The van der Waals surface area contributed by atoms with Crippen molar-refractivity contribution < 1.29 is 4.79 Å². The molecule has 1 saturated heterocycles. The molecule has 1 aliphatic heterocycles. The van der Waals surface area contributed by atoms with Crippen LogP contribution < -0.4 is 5.32 Å². The second kappa shape index (κ2) is 3.85. The molecule has 1 unspecified atom stereocenters. The van der Waals surface area contributed by atoms with Crippen molar-refractivity contribution in [1.82, 2.24) is 5.32 Å². The summed E-state index contributed by atoms with van der Waals surface area (Å²) in [6.07, 6.45) is 8.82. The molecule has 0 aromatic rings. The Kier molecular flexibility index (Phi) is 2.73. The predicted octanol–water partition coefficient (Wildman–Crippen LogP) is 2.20. The molecule has 1 atom stereocenters. The van der Waals surface area contributed by atoms with Crippen molar-refractivity contribution in [3.8, 4) is 0 Å². The second-order valence-electron chi connectivity index (χ2n) is 4.67. The number of carbonyl (C=O) groups excluding carboxylic acids is 1. The van der Waals surface area contributed by atoms with Crippen LogP contribution in [0.5, 0.6) is 0 Å². The van der Waals surface area contributed by atoms with E-state index in [1.165, 1.54) is 12.8 Å². The van der Waals surface area contributed by atoms with Gasteiger partial charge in [-0.2, -0.15) is 0 Å². The third-order valence-electron chi connectivity index (χ3n) is 3.45. The Morgan fingerprint density at radius 2 is 2.29 bits per heavy atom. The second-order valence-corrected chi connectivity index (χ2v) is 4.67. The SMILES string of the molecule is CC1(C(=O)C2=CCCCC2)CCCN1. The molecule has 1 aliphatic carbocycles. The first-order chi connectivity index (χ1) is 6.72. The highest BCUT2D eigenvalue weighted by molar-refractivity contribution is 6.02. The van der Waals surface area contributed by atoms with Gasteiger partial charge >= 0.3 is 0 Å². The van der Waals surface area contributed by atoms with Gasteiger partial charge in [0.05, 0.1) is 5.54 Å². The lowest BCUT2D eigenvalue weighted by atomic mass is 9.85. The Labute approximate surface area is 85.8 Å². The summed E-state index contributed by atoms with van der Waals surface area (Å²) in [5.41, 5.74) is 0.830. The molecule has 0 bridgehead atoms. The van der Waals surface area contributed by atoms with Gasteiger partial charge in [0, 0.05) is 0 Å². The average Bonchev–Trinajstić information content (AvgIpc) is 2.67. The van der Waals surface area contributed by atoms with Gasteiger partial charge in [0.1, 0.15) is 0 Å². The zero-order valence-electron chi connectivity index (χ0n) is 8.94. The highest BCUT2D eigenvalue weighted by Crippen LogP contribution is 2.27. The summed E-state index contributed by atoms with van der Waals surface area (Å²) in [5, 5.41) is 3.34. The van der Waals surface area contributed by atoms with E-state index >= 15 is 0 Å². The fourth-order valence-electron chi connectivity index (χ4n) is 2.49. The molecular weight excluding hydrogens is 174 g/mol. The zero-order valence-corrected chi connectivity index (χ0v) is 8.94. The minimum atomic E-state index is -0.247. The predicted molar refractivity (Wildman–Crippen MR) is 57.2 cm³/mol. The van der Waals surface area contributed by atoms with Crippen molar-refractivity contribution in [3.63, 3.8) is 0 Å². The molecule has 14 heavy (non-hydrogen) atoms. The fourth-order valence-corrected chi connectivity index (χ4v) is 2.49. The largest absolute Gasteiger partial charge is 0.305 e. The summed E-state index contributed by atoms with van der Waals surface area (Å²) in [6.45, 7) is 3.05. The van der Waals surface area contributed by atoms with Crippen molar-refractivity contribution in [2.24, 2.45) is 0 Å². The van der Waals surface area contributed by atoms with Crippen LogP contribution >= 0.6 is 0 Å². The van der Waals surface area contributed by atoms with Gasteiger partial charge < -0.3 is 5.32 Å². The van der Waals surface area contributed by atoms with Crippen LogP contribution in [0.25, 0.3) is 0 Å². The van der Waals surface area contributed by atoms with Gasteiger partial charge in [-0.25, -0.2) is 0 Å². The summed E-state index contributed by atoms with van der Waals surface area (Å²) < 4.78 is 0. The first-order valence-corrected chi connectivity index (χ1v) is 5.71. The van der Waals surface area contributed by atoms with Gasteiger partial charge in [0.2, 0.25) is 0 Å². The van der Waals surface area contributed by atoms with E-state index in [4.69, 9.17) is 0 Å². The third-order valence-corrected chi connectivity index (χ3v) is 3.45. The summed E-state index contributed by atoms with van der Waals surface area (Å²) in [7, 11) is 0. The van der Waals surface area contributed by atoms with E-state index in [0.29, 0.717) is 5.78 Å². The normalized spacial score (nSPS) is 32.8. The molecule has 0 saturated carbocycles. The first kappa shape index (κ1) is 9.91. The van der Waals surface area contributed by atoms with Gasteiger partial charge in [-0.1, -0.05) is 6.08 Å². The Morgan fingerprint density at radius 3 is 2.86 bits per heavy atom. The Morgan fingerprint density at radius 1 is 1.43 bits per heavy atom. The van der Waals surface area contributed by atoms with Crippen LogP contribution in [0.15, 0.2) is 11.6 Å². The van der Waals surface area contributed by atoms with E-state index < -0.39 is 0 Å². The topological polar surface area (TPSA) is 29.1 Å². The number of nitrogens with one attached hydrogen (secondary N) is 1. The van der Waals surface area contributed by atoms with Crippen LogP contribution in [0.3, 0.4) is 0 Å². The maximum Gasteiger partial charge on any atom is 0.178 e. The van der Waals surface area contributed by atoms with Crippen molar-refractivity contribution in [2.45, 2.75) is 51.0 Å². The first-order valence-electron chi connectivity index (χ1n) is 5.71. The lowest BCUT2D eigenvalue weighted by molar-refractivity contribution is -0.120. The van der Waals surface area contributed by atoms with Crippen molar-refractivity contribution in [2.75, 3.05) is 6.54 Å². The Bertz CT molecular complexity index is 261. The molecule has 1 fully saturated rings. The third kappa shape index (κ3) is 1.76. The monoisotopic (exact) mass is 193 g/mol. The molecule has 2 rings (SSSR count). The summed E-state index contributed by atoms with van der Waals surface area (Å²) in [5.74, 6) is 0.356. The highest BCUT2D eigenvalue weighted by atomic mass is 16.1. The maximum absolute atomic E-state index is 12.2. The Balaban J connectivity index is 2.10. The maximum atomic E-state index is 12.2. The van der Waals surface area contributed by atoms with Crippen LogP contribution in [0.4, 0.5) is 0 Å². The van der Waals surface area contributed by atoms with Gasteiger partial charge in [0.15, 0.2) is 5.78 Å². The molecule has 1 heterocycles. The van der Waals surface area contributed by atoms with Gasteiger partial charge in [-0.3, -0.25) is 4.79 Å². The molecule has 0 spiro atoms. The molecule has 0 aromatic heterocycles. The van der Waals surface area contributed by atoms with E-state index in [0.717, 1.165) is 37.8 Å². The van der Waals surface area contributed by atoms with Crippen LogP contribution in [0.1, 0.15) is 45.4 Å². The van der Waals surface area contributed by atoms with Crippen LogP contribution in [0, 0.1) is 0 Å². The quantitative estimate of drug-likeness (QED) is 0.728. The van der Waals surface area contributed by atoms with E-state index in [1.54, 1.807) is 0 Å². The molecule has 1 N–H and O–H groups in total. The molecule has 2 heteroatoms. The molecule has 0 aromatic carbocycles. The Hall–Kier alpha value is -0.630. The minimum Gasteiger partial charge on any atom is -0.305 e. The zero-order chi connectivity index (χ0) is 10.0. The molecular formula is C12H19NO. The van der Waals surface area contributed by atoms with Gasteiger partial charge in [-0.15, -0.1) is 0 Å². The number of allylic oxidation sites excluding steroid dienone is 1. The average molecular weight is 193 g/mol. The molecule has 2 nitrogen and oxygen atoms in total. The number of carbonyl (C=O) groups is 1. The molecule has 0 amide bonds. The number of hydrogen-bond acceptors (Lipinski definition) is 2. The number of rotatable bonds is 2. The summed E-state index contributed by atoms with van der Waals surface area (Å²) in [6, 6.07) is 0. The summed E-state index contributed by atoms with van der Waals surface area (Å²) >= 11 is 0. The van der Waals surface area contributed by atoms with Crippen LogP contribution in [-0.4, -0.2) is 17.9 Å². The summed E-state index contributed by atoms with van der Waals surface area (Å²) in [4.78, 5) is 12.2. The smallest absolute Gasteiger partial charge is 0.178 e. The van der Waals surface area contributed by atoms with E-state index in [-0.39, 0.29) is 5.54 Å². The van der Waals surface area contributed by atoms with E-state index in [9.17, 15) is 4.79 Å². The van der Waals surface area contributed by atoms with Crippen LogP contribution in [0.2, 0.25) is 0 Å². The number of hydrogen-bond donors (Lipinski definition) is 1.